The van der Waals surface area contributed by atoms with E-state index in [2.05, 4.69) is 19.6 Å². The molecule has 3 aromatic heterocycles. The molecule has 0 saturated heterocycles. The summed E-state index contributed by atoms with van der Waals surface area (Å²) in [6, 6.07) is 6.31. The second kappa shape index (κ2) is 5.58. The van der Waals surface area contributed by atoms with Gasteiger partial charge in [0.05, 0.1) is 9.75 Å². The van der Waals surface area contributed by atoms with Crippen LogP contribution in [0.2, 0.25) is 0 Å². The summed E-state index contributed by atoms with van der Waals surface area (Å²) in [6.45, 7) is 1.85. The fourth-order valence-electron chi connectivity index (χ4n) is 1.75. The minimum atomic E-state index is -4.70. The number of alkyl halides is 3. The zero-order chi connectivity index (χ0) is 16.6. The van der Waals surface area contributed by atoms with Gasteiger partial charge in [0.25, 0.3) is 0 Å². The first-order valence-corrected chi connectivity index (χ1v) is 7.15. The van der Waals surface area contributed by atoms with Gasteiger partial charge >= 0.3 is 12.1 Å². The van der Waals surface area contributed by atoms with Crippen LogP contribution in [0, 0.1) is 6.92 Å². The number of rotatable bonds is 3. The van der Waals surface area contributed by atoms with Crippen LogP contribution in [0.3, 0.4) is 0 Å². The summed E-state index contributed by atoms with van der Waals surface area (Å²) in [5.41, 5.74) is 1.17. The fraction of sp³-hybridized carbons (Fsp3) is 0.143. The molecule has 0 aromatic carbocycles. The molecule has 3 rings (SSSR count). The molecule has 0 atom stereocenters. The first-order chi connectivity index (χ1) is 10.8. The molecule has 9 heteroatoms. The van der Waals surface area contributed by atoms with Crippen LogP contribution in [0.25, 0.3) is 10.7 Å². The van der Waals surface area contributed by atoms with Gasteiger partial charge in [-0.15, -0.1) is 11.3 Å². The van der Waals surface area contributed by atoms with Crippen LogP contribution in [-0.2, 0) is 6.18 Å². The van der Waals surface area contributed by atoms with Crippen molar-refractivity contribution < 1.29 is 22.5 Å². The van der Waals surface area contributed by atoms with E-state index in [4.69, 9.17) is 0 Å². The van der Waals surface area contributed by atoms with E-state index in [9.17, 15) is 18.0 Å². The maximum atomic E-state index is 12.4. The van der Waals surface area contributed by atoms with E-state index < -0.39 is 12.1 Å². The van der Waals surface area contributed by atoms with Gasteiger partial charge in [-0.2, -0.15) is 18.2 Å². The van der Waals surface area contributed by atoms with Crippen molar-refractivity contribution in [1.29, 1.82) is 0 Å². The molecule has 3 aromatic rings. The minimum Gasteiger partial charge on any atom is -0.329 e. The van der Waals surface area contributed by atoms with E-state index in [0.717, 1.165) is 16.9 Å². The summed E-state index contributed by atoms with van der Waals surface area (Å²) in [6.07, 6.45) is -3.14. The Balaban J connectivity index is 1.87. The average Bonchev–Trinajstić information content (AvgIpc) is 3.16. The standard InChI is InChI=1S/C14H8F3N3O2S/c1-7-2-3-8(18-6-7)11(21)9-4-5-10(23-9)12-19-13(22-20-12)14(15,16)17/h2-6H,1H3. The summed E-state index contributed by atoms with van der Waals surface area (Å²) in [5, 5.41) is 3.29. The van der Waals surface area contributed by atoms with Gasteiger partial charge in [-0.05, 0) is 30.7 Å². The van der Waals surface area contributed by atoms with Crippen molar-refractivity contribution in [3.63, 3.8) is 0 Å². The van der Waals surface area contributed by atoms with Crippen LogP contribution in [0.1, 0.15) is 26.8 Å². The molecule has 0 amide bonds. The van der Waals surface area contributed by atoms with Crippen molar-refractivity contribution in [2.45, 2.75) is 13.1 Å². The topological polar surface area (TPSA) is 68.9 Å². The SMILES string of the molecule is Cc1ccc(C(=O)c2ccc(-c3noc(C(F)(F)F)n3)s2)nc1. The lowest BCUT2D eigenvalue weighted by Crippen LogP contribution is -2.04. The molecule has 0 saturated carbocycles. The number of nitrogens with zero attached hydrogens (tertiary/aromatic N) is 3. The lowest BCUT2D eigenvalue weighted by molar-refractivity contribution is -0.159. The van der Waals surface area contributed by atoms with Crippen LogP contribution >= 0.6 is 11.3 Å². The molecule has 0 aliphatic heterocycles. The molecule has 0 spiro atoms. The number of ketones is 1. The summed E-state index contributed by atoms with van der Waals surface area (Å²) < 4.78 is 41.5. The van der Waals surface area contributed by atoms with Gasteiger partial charge in [0.15, 0.2) is 0 Å². The number of thiophene rings is 1. The quantitative estimate of drug-likeness (QED) is 0.680. The van der Waals surface area contributed by atoms with E-state index in [1.165, 1.54) is 12.1 Å². The van der Waals surface area contributed by atoms with Crippen LogP contribution in [-0.4, -0.2) is 20.9 Å². The zero-order valence-corrected chi connectivity index (χ0v) is 12.4. The monoisotopic (exact) mass is 339 g/mol. The molecular formula is C14H8F3N3O2S. The highest BCUT2D eigenvalue weighted by Crippen LogP contribution is 2.32. The van der Waals surface area contributed by atoms with Crippen molar-refractivity contribution in [3.8, 4) is 10.7 Å². The van der Waals surface area contributed by atoms with E-state index in [1.54, 1.807) is 18.3 Å². The van der Waals surface area contributed by atoms with Crippen molar-refractivity contribution >= 4 is 17.1 Å². The van der Waals surface area contributed by atoms with E-state index in [0.29, 0.717) is 9.75 Å². The van der Waals surface area contributed by atoms with Gasteiger partial charge in [-0.3, -0.25) is 9.78 Å². The second-order valence-electron chi connectivity index (χ2n) is 4.63. The second-order valence-corrected chi connectivity index (χ2v) is 5.72. The summed E-state index contributed by atoms with van der Waals surface area (Å²) >= 11 is 0.975. The highest BCUT2D eigenvalue weighted by atomic mass is 32.1. The number of aryl methyl sites for hydroxylation is 1. The van der Waals surface area contributed by atoms with Crippen molar-refractivity contribution in [1.82, 2.24) is 15.1 Å². The van der Waals surface area contributed by atoms with E-state index in [-0.39, 0.29) is 17.3 Å². The maximum absolute atomic E-state index is 12.4. The number of hydrogen-bond acceptors (Lipinski definition) is 6. The third kappa shape index (κ3) is 3.14. The van der Waals surface area contributed by atoms with E-state index in [1.807, 2.05) is 6.92 Å². The largest absolute Gasteiger partial charge is 0.471 e. The van der Waals surface area contributed by atoms with Gasteiger partial charge in [0, 0.05) is 6.20 Å². The number of pyridine rings is 1. The highest BCUT2D eigenvalue weighted by Gasteiger charge is 2.38. The third-order valence-electron chi connectivity index (χ3n) is 2.86. The molecule has 0 N–H and O–H groups in total. The molecule has 0 fully saturated rings. The summed E-state index contributed by atoms with van der Waals surface area (Å²) in [7, 11) is 0. The molecule has 5 nitrogen and oxygen atoms in total. The predicted octanol–water partition coefficient (Wildman–Crippen LogP) is 3.75. The Morgan fingerprint density at radius 2 is 2.00 bits per heavy atom. The van der Waals surface area contributed by atoms with Gasteiger partial charge < -0.3 is 4.52 Å². The maximum Gasteiger partial charge on any atom is 0.471 e. The van der Waals surface area contributed by atoms with E-state index >= 15 is 0 Å². The Kier molecular flexibility index (Phi) is 3.72. The van der Waals surface area contributed by atoms with Gasteiger partial charge in [-0.1, -0.05) is 11.2 Å². The molecule has 0 radical (unpaired) electrons. The Bertz CT molecular complexity index is 853. The van der Waals surface area contributed by atoms with Crippen LogP contribution in [0.15, 0.2) is 35.0 Å². The Hall–Kier alpha value is -2.55. The number of halogens is 3. The molecular weight excluding hydrogens is 331 g/mol. The Morgan fingerprint density at radius 3 is 2.61 bits per heavy atom. The first kappa shape index (κ1) is 15.3. The molecule has 23 heavy (non-hydrogen) atoms. The van der Waals surface area contributed by atoms with Gasteiger partial charge in [0.1, 0.15) is 5.69 Å². The molecule has 118 valence electrons. The van der Waals surface area contributed by atoms with Crippen molar-refractivity contribution in [3.05, 3.63) is 52.5 Å². The van der Waals surface area contributed by atoms with Gasteiger partial charge in [-0.25, -0.2) is 0 Å². The number of carbonyl (C=O) groups excluding carboxylic acids is 1. The Labute approximate surface area is 131 Å². The van der Waals surface area contributed by atoms with Crippen molar-refractivity contribution in [2.24, 2.45) is 0 Å². The number of carbonyl (C=O) groups is 1. The molecule has 3 heterocycles. The zero-order valence-electron chi connectivity index (χ0n) is 11.6. The number of hydrogen-bond donors (Lipinski definition) is 0. The molecule has 0 aliphatic carbocycles. The summed E-state index contributed by atoms with van der Waals surface area (Å²) in [4.78, 5) is 20.2. The highest BCUT2D eigenvalue weighted by molar-refractivity contribution is 7.17. The fourth-order valence-corrected chi connectivity index (χ4v) is 2.63. The summed E-state index contributed by atoms with van der Waals surface area (Å²) in [5.74, 6) is -1.95. The molecule has 0 unspecified atom stereocenters. The molecule has 0 aliphatic rings. The minimum absolute atomic E-state index is 0.210. The Morgan fingerprint density at radius 1 is 1.22 bits per heavy atom. The van der Waals surface area contributed by atoms with Gasteiger partial charge in [0.2, 0.25) is 11.6 Å². The first-order valence-electron chi connectivity index (χ1n) is 6.33. The normalized spacial score (nSPS) is 11.7. The predicted molar refractivity (Wildman–Crippen MR) is 75.0 cm³/mol. The molecule has 0 bridgehead atoms. The average molecular weight is 339 g/mol. The van der Waals surface area contributed by atoms with Crippen LogP contribution in [0.4, 0.5) is 13.2 Å². The van der Waals surface area contributed by atoms with Crippen molar-refractivity contribution in [2.75, 3.05) is 0 Å². The lowest BCUT2D eigenvalue weighted by atomic mass is 10.2. The number of aromatic nitrogens is 3. The van der Waals surface area contributed by atoms with Crippen LogP contribution in [0.5, 0.6) is 0 Å². The smallest absolute Gasteiger partial charge is 0.329 e. The third-order valence-corrected chi connectivity index (χ3v) is 3.94. The van der Waals surface area contributed by atoms with Crippen LogP contribution < -0.4 is 0 Å². The lowest BCUT2D eigenvalue weighted by Gasteiger charge is -1.97.